The van der Waals surface area contributed by atoms with E-state index in [4.69, 9.17) is 0 Å². The lowest BCUT2D eigenvalue weighted by atomic mass is 9.88. The molecule has 0 atom stereocenters. The minimum absolute atomic E-state index is 0. The first kappa shape index (κ1) is 20.5. The molecule has 3 rings (SSSR count). The monoisotopic (exact) mass is 469 g/mol. The second-order valence-corrected chi connectivity index (χ2v) is 6.31. The molecule has 1 aliphatic carbocycles. The zero-order valence-corrected chi connectivity index (χ0v) is 17.2. The number of hydrogen-bond acceptors (Lipinski definition) is 2. The van der Waals surface area contributed by atoms with Crippen LogP contribution in [0.1, 0.15) is 35.1 Å². The molecule has 0 bridgehead atoms. The van der Waals surface area contributed by atoms with E-state index in [2.05, 4.69) is 15.6 Å². The van der Waals surface area contributed by atoms with Crippen molar-refractivity contribution in [1.82, 2.24) is 10.6 Å². The average Bonchev–Trinajstić information content (AvgIpc) is 2.64. The Kier molecular flexibility index (Phi) is 7.68. The lowest BCUT2D eigenvalue weighted by Gasteiger charge is -2.21. The van der Waals surface area contributed by atoms with Gasteiger partial charge in [0, 0.05) is 25.7 Å². The molecule has 0 fully saturated rings. The van der Waals surface area contributed by atoms with Crippen LogP contribution in [0.3, 0.4) is 0 Å². The number of benzene rings is 2. The summed E-state index contributed by atoms with van der Waals surface area (Å²) in [5.74, 6) is 0.745. The highest BCUT2D eigenvalue weighted by Gasteiger charge is 2.16. The van der Waals surface area contributed by atoms with E-state index in [1.165, 1.54) is 36.1 Å². The fourth-order valence-electron chi connectivity index (χ4n) is 3.27. The zero-order valence-electron chi connectivity index (χ0n) is 14.9. The number of nitrogens with one attached hydrogen (secondary N) is 2. The quantitative estimate of drug-likeness (QED) is 0.362. The van der Waals surface area contributed by atoms with E-state index in [1.54, 1.807) is 25.2 Å². The van der Waals surface area contributed by atoms with Gasteiger partial charge in [0.05, 0.1) is 0 Å². The summed E-state index contributed by atoms with van der Waals surface area (Å²) in [7, 11) is 1.71. The molecule has 0 unspecified atom stereocenters. The first-order valence-electron chi connectivity index (χ1n) is 8.69. The average molecular weight is 469 g/mol. The zero-order chi connectivity index (χ0) is 17.6. The van der Waals surface area contributed by atoms with E-state index < -0.39 is 0 Å². The summed E-state index contributed by atoms with van der Waals surface area (Å²) in [6, 6.07) is 10.2. The topological polar surface area (TPSA) is 56.7 Å². The number of fused-ring (bicyclic) bond motifs is 1. The second kappa shape index (κ2) is 9.75. The van der Waals surface area contributed by atoms with Crippen LogP contribution in [-0.4, -0.2) is 18.1 Å². The van der Waals surface area contributed by atoms with Crippen molar-refractivity contribution in [1.29, 1.82) is 0 Å². The molecule has 4 nitrogen and oxygen atoms in total. The molecular weight excluding hydrogens is 444 g/mol. The Morgan fingerprint density at radius 1 is 1.04 bits per heavy atom. The number of phenols is 1. The van der Waals surface area contributed by atoms with E-state index in [0.717, 1.165) is 24.0 Å². The number of aryl methyl sites for hydroxylation is 1. The van der Waals surface area contributed by atoms with Gasteiger partial charge in [-0.3, -0.25) is 4.99 Å². The van der Waals surface area contributed by atoms with Crippen molar-refractivity contribution in [2.24, 2.45) is 4.99 Å². The molecule has 2 aromatic rings. The third kappa shape index (κ3) is 5.09. The summed E-state index contributed by atoms with van der Waals surface area (Å²) in [6.45, 7) is 1.08. The van der Waals surface area contributed by atoms with Crippen LogP contribution >= 0.6 is 24.0 Å². The third-order valence-corrected chi connectivity index (χ3v) is 4.66. The summed E-state index contributed by atoms with van der Waals surface area (Å²) in [6.07, 6.45) is 4.48. The van der Waals surface area contributed by atoms with Gasteiger partial charge in [-0.15, -0.1) is 24.0 Å². The Bertz CT molecular complexity index is 762. The number of aliphatic imine (C=N–C) groups is 1. The number of nitrogens with zero attached hydrogens (tertiary/aromatic N) is 1. The minimum Gasteiger partial charge on any atom is -0.508 e. The van der Waals surface area contributed by atoms with Crippen LogP contribution in [0.2, 0.25) is 0 Å². The molecule has 0 saturated carbocycles. The predicted octanol–water partition coefficient (Wildman–Crippen LogP) is 3.89. The van der Waals surface area contributed by atoms with E-state index in [-0.39, 0.29) is 29.8 Å². The molecule has 2 aromatic carbocycles. The number of guanidine groups is 1. The normalized spacial score (nSPS) is 13.5. The van der Waals surface area contributed by atoms with Crippen molar-refractivity contribution < 1.29 is 9.50 Å². The molecule has 3 N–H and O–H groups in total. The van der Waals surface area contributed by atoms with Crippen LogP contribution in [0, 0.1) is 5.82 Å². The van der Waals surface area contributed by atoms with Crippen LogP contribution in [0.25, 0.3) is 0 Å². The summed E-state index contributed by atoms with van der Waals surface area (Å²) in [5.41, 5.74) is 4.55. The van der Waals surface area contributed by atoms with Gasteiger partial charge in [-0.25, -0.2) is 4.39 Å². The van der Waals surface area contributed by atoms with Crippen LogP contribution < -0.4 is 10.6 Å². The third-order valence-electron chi connectivity index (χ3n) is 4.66. The van der Waals surface area contributed by atoms with Gasteiger partial charge in [0.15, 0.2) is 5.96 Å². The fourth-order valence-corrected chi connectivity index (χ4v) is 3.27. The second-order valence-electron chi connectivity index (χ2n) is 6.31. The maximum Gasteiger partial charge on any atom is 0.191 e. The Morgan fingerprint density at radius 2 is 1.73 bits per heavy atom. The SMILES string of the molecule is CN=C(NCc1ccc(F)cc1)NCc1c(O)ccc2c1CCCC2.I. The molecule has 0 heterocycles. The van der Waals surface area contributed by atoms with E-state index in [1.807, 2.05) is 6.07 Å². The van der Waals surface area contributed by atoms with Crippen molar-refractivity contribution in [3.63, 3.8) is 0 Å². The molecule has 0 saturated heterocycles. The molecule has 0 amide bonds. The standard InChI is InChI=1S/C20H24FN3O.HI/c1-22-20(23-12-14-6-9-16(21)10-7-14)24-13-18-17-5-3-2-4-15(17)8-11-19(18)25;/h6-11,25H,2-5,12-13H2,1H3,(H2,22,23,24);1H. The van der Waals surface area contributed by atoms with Crippen LogP contribution in [0.15, 0.2) is 41.4 Å². The molecule has 6 heteroatoms. The van der Waals surface area contributed by atoms with Crippen molar-refractivity contribution in [2.45, 2.75) is 38.8 Å². The van der Waals surface area contributed by atoms with Crippen LogP contribution in [-0.2, 0) is 25.9 Å². The van der Waals surface area contributed by atoms with Crippen molar-refractivity contribution in [2.75, 3.05) is 7.05 Å². The van der Waals surface area contributed by atoms with Gasteiger partial charge in [-0.1, -0.05) is 18.2 Å². The Balaban J connectivity index is 0.00000243. The summed E-state index contributed by atoms with van der Waals surface area (Å²) in [4.78, 5) is 4.22. The largest absolute Gasteiger partial charge is 0.508 e. The molecule has 0 aliphatic heterocycles. The van der Waals surface area contributed by atoms with Gasteiger partial charge in [-0.2, -0.15) is 0 Å². The maximum atomic E-state index is 13.0. The Morgan fingerprint density at radius 3 is 2.46 bits per heavy atom. The van der Waals surface area contributed by atoms with E-state index in [9.17, 15) is 9.50 Å². The lowest BCUT2D eigenvalue weighted by molar-refractivity contribution is 0.464. The summed E-state index contributed by atoms with van der Waals surface area (Å²) >= 11 is 0. The molecule has 0 aromatic heterocycles. The van der Waals surface area contributed by atoms with Gasteiger partial charge in [-0.05, 0) is 60.6 Å². The summed E-state index contributed by atoms with van der Waals surface area (Å²) < 4.78 is 13.0. The van der Waals surface area contributed by atoms with E-state index in [0.29, 0.717) is 24.8 Å². The van der Waals surface area contributed by atoms with Crippen molar-refractivity contribution in [3.05, 3.63) is 64.5 Å². The molecular formula is C20H25FIN3O. The predicted molar refractivity (Wildman–Crippen MR) is 114 cm³/mol. The van der Waals surface area contributed by atoms with Crippen molar-refractivity contribution in [3.8, 4) is 5.75 Å². The molecule has 0 spiro atoms. The number of aromatic hydroxyl groups is 1. The van der Waals surface area contributed by atoms with Gasteiger partial charge < -0.3 is 15.7 Å². The molecule has 140 valence electrons. The smallest absolute Gasteiger partial charge is 0.191 e. The highest BCUT2D eigenvalue weighted by atomic mass is 127. The number of rotatable bonds is 4. The van der Waals surface area contributed by atoms with Gasteiger partial charge >= 0.3 is 0 Å². The first-order valence-corrected chi connectivity index (χ1v) is 8.69. The highest BCUT2D eigenvalue weighted by Crippen LogP contribution is 2.30. The Hall–Kier alpha value is -1.83. The number of halogens is 2. The molecule has 0 radical (unpaired) electrons. The van der Waals surface area contributed by atoms with Crippen LogP contribution in [0.4, 0.5) is 4.39 Å². The first-order chi connectivity index (χ1) is 12.2. The Labute approximate surface area is 171 Å². The van der Waals surface area contributed by atoms with Gasteiger partial charge in [0.1, 0.15) is 11.6 Å². The van der Waals surface area contributed by atoms with Crippen molar-refractivity contribution >= 4 is 29.9 Å². The van der Waals surface area contributed by atoms with Gasteiger partial charge in [0.25, 0.3) is 0 Å². The summed E-state index contributed by atoms with van der Waals surface area (Å²) in [5, 5.41) is 16.7. The van der Waals surface area contributed by atoms with E-state index >= 15 is 0 Å². The van der Waals surface area contributed by atoms with Gasteiger partial charge in [0.2, 0.25) is 0 Å². The lowest BCUT2D eigenvalue weighted by Crippen LogP contribution is -2.36. The van der Waals surface area contributed by atoms with Crippen LogP contribution in [0.5, 0.6) is 5.75 Å². The number of hydrogen-bond donors (Lipinski definition) is 3. The number of phenolic OH excluding ortho intramolecular Hbond substituents is 1. The molecule has 26 heavy (non-hydrogen) atoms. The fraction of sp³-hybridized carbons (Fsp3) is 0.350. The minimum atomic E-state index is -0.240. The molecule has 1 aliphatic rings. The highest BCUT2D eigenvalue weighted by molar-refractivity contribution is 14.0. The maximum absolute atomic E-state index is 13.0.